The lowest BCUT2D eigenvalue weighted by molar-refractivity contribution is 0.0494. The molecule has 0 amide bonds. The van der Waals surface area contributed by atoms with Gasteiger partial charge in [-0.2, -0.15) is 0 Å². The summed E-state index contributed by atoms with van der Waals surface area (Å²) in [6.07, 6.45) is 5.18. The molecule has 0 saturated carbocycles. The maximum Gasteiger partial charge on any atom is 0.225 e. The molecule has 2 heterocycles. The van der Waals surface area contributed by atoms with E-state index in [2.05, 4.69) is 27.1 Å². The van der Waals surface area contributed by atoms with Gasteiger partial charge in [0, 0.05) is 44.7 Å². The summed E-state index contributed by atoms with van der Waals surface area (Å²) in [5, 5.41) is 3.09. The average molecular weight is 250 g/mol. The van der Waals surface area contributed by atoms with Gasteiger partial charge in [-0.15, -0.1) is 0 Å². The molecule has 2 atom stereocenters. The minimum Gasteiger partial charge on any atom is -0.379 e. The van der Waals surface area contributed by atoms with Gasteiger partial charge in [-0.05, 0) is 19.4 Å². The Bertz CT molecular complexity index is 368. The molecule has 18 heavy (non-hydrogen) atoms. The molecule has 1 aliphatic heterocycles. The molecule has 5 nitrogen and oxygen atoms in total. The summed E-state index contributed by atoms with van der Waals surface area (Å²) in [5.74, 6) is 1.42. The van der Waals surface area contributed by atoms with E-state index in [4.69, 9.17) is 4.74 Å². The fraction of sp³-hybridized carbons (Fsp3) is 0.692. The number of hydrogen-bond acceptors (Lipinski definition) is 5. The van der Waals surface area contributed by atoms with Gasteiger partial charge < -0.3 is 15.0 Å². The number of nitrogens with zero attached hydrogens (tertiary/aromatic N) is 3. The van der Waals surface area contributed by atoms with Gasteiger partial charge in [-0.1, -0.05) is 6.92 Å². The van der Waals surface area contributed by atoms with Gasteiger partial charge in [0.1, 0.15) is 0 Å². The first kappa shape index (κ1) is 13.2. The maximum absolute atomic E-state index is 5.51. The quantitative estimate of drug-likeness (QED) is 0.866. The lowest BCUT2D eigenvalue weighted by atomic mass is 9.96. The number of aromatic nitrogens is 2. The van der Waals surface area contributed by atoms with Crippen molar-refractivity contribution < 1.29 is 4.74 Å². The number of piperidine rings is 1. The van der Waals surface area contributed by atoms with Crippen molar-refractivity contribution in [2.24, 2.45) is 5.92 Å². The van der Waals surface area contributed by atoms with Crippen LogP contribution < -0.4 is 10.2 Å². The molecule has 0 aromatic carbocycles. The lowest BCUT2D eigenvalue weighted by Gasteiger charge is -2.36. The van der Waals surface area contributed by atoms with Crippen LogP contribution in [0.25, 0.3) is 0 Å². The fourth-order valence-corrected chi connectivity index (χ4v) is 2.33. The number of hydrogen-bond donors (Lipinski definition) is 1. The highest BCUT2D eigenvalue weighted by Gasteiger charge is 2.27. The Morgan fingerprint density at radius 2 is 2.17 bits per heavy atom. The van der Waals surface area contributed by atoms with E-state index in [-0.39, 0.29) is 6.10 Å². The molecule has 1 aromatic heterocycles. The van der Waals surface area contributed by atoms with Crippen LogP contribution in [0.1, 0.15) is 18.9 Å². The Morgan fingerprint density at radius 3 is 2.78 bits per heavy atom. The Hall–Kier alpha value is -1.20. The van der Waals surface area contributed by atoms with Crippen LogP contribution in [0.5, 0.6) is 0 Å². The van der Waals surface area contributed by atoms with E-state index >= 15 is 0 Å². The minimum atomic E-state index is 0.277. The number of nitrogens with one attached hydrogen (secondary N) is 1. The molecular formula is C13H22N4O. The summed E-state index contributed by atoms with van der Waals surface area (Å²) in [5.41, 5.74) is 1.11. The van der Waals surface area contributed by atoms with Crippen LogP contribution in [0, 0.1) is 5.92 Å². The van der Waals surface area contributed by atoms with Crippen LogP contribution in [0.15, 0.2) is 12.4 Å². The van der Waals surface area contributed by atoms with E-state index in [9.17, 15) is 0 Å². The molecule has 0 spiro atoms. The molecule has 1 aliphatic rings. The smallest absolute Gasteiger partial charge is 0.225 e. The van der Waals surface area contributed by atoms with E-state index in [1.807, 2.05) is 19.4 Å². The van der Waals surface area contributed by atoms with Crippen LogP contribution in [0.4, 0.5) is 5.95 Å². The summed E-state index contributed by atoms with van der Waals surface area (Å²) >= 11 is 0. The van der Waals surface area contributed by atoms with Gasteiger partial charge in [0.05, 0.1) is 6.10 Å². The Morgan fingerprint density at radius 1 is 1.44 bits per heavy atom. The number of anilines is 1. The SMILES string of the molecule is CNCc1cnc(N2CCC(C)C(OC)C2)nc1. The van der Waals surface area contributed by atoms with Crippen molar-refractivity contribution >= 4 is 5.95 Å². The topological polar surface area (TPSA) is 50.3 Å². The predicted molar refractivity (Wildman–Crippen MR) is 71.6 cm³/mol. The lowest BCUT2D eigenvalue weighted by Crippen LogP contribution is -2.44. The molecule has 0 radical (unpaired) electrons. The highest BCUT2D eigenvalue weighted by molar-refractivity contribution is 5.31. The molecule has 1 aromatic rings. The van der Waals surface area contributed by atoms with Gasteiger partial charge in [0.15, 0.2) is 0 Å². The standard InChI is InChI=1S/C13H22N4O/c1-10-4-5-17(9-12(10)18-3)13-15-7-11(6-14-2)8-16-13/h7-8,10,12,14H,4-6,9H2,1-3H3. The van der Waals surface area contributed by atoms with E-state index in [1.165, 1.54) is 0 Å². The van der Waals surface area contributed by atoms with Crippen LogP contribution in [-0.4, -0.2) is 43.3 Å². The molecule has 100 valence electrons. The monoisotopic (exact) mass is 250 g/mol. The minimum absolute atomic E-state index is 0.277. The largest absolute Gasteiger partial charge is 0.379 e. The normalized spacial score (nSPS) is 24.3. The molecule has 0 bridgehead atoms. The Labute approximate surface area is 109 Å². The molecule has 2 unspecified atom stereocenters. The van der Waals surface area contributed by atoms with Crippen LogP contribution in [0.3, 0.4) is 0 Å². The molecule has 2 rings (SSSR count). The summed E-state index contributed by atoms with van der Waals surface area (Å²) in [7, 11) is 3.70. The highest BCUT2D eigenvalue weighted by atomic mass is 16.5. The molecule has 5 heteroatoms. The van der Waals surface area contributed by atoms with E-state index < -0.39 is 0 Å². The number of methoxy groups -OCH3 is 1. The summed E-state index contributed by atoms with van der Waals surface area (Å²) in [6, 6.07) is 0. The number of rotatable bonds is 4. The Balaban J connectivity index is 2.02. The van der Waals surface area contributed by atoms with E-state index in [0.29, 0.717) is 5.92 Å². The Kier molecular flexibility index (Phi) is 4.49. The van der Waals surface area contributed by atoms with Crippen molar-refractivity contribution in [3.8, 4) is 0 Å². The van der Waals surface area contributed by atoms with Gasteiger partial charge in [0.2, 0.25) is 5.95 Å². The van der Waals surface area contributed by atoms with Gasteiger partial charge in [0.25, 0.3) is 0 Å². The first-order valence-electron chi connectivity index (χ1n) is 6.48. The molecule has 1 fully saturated rings. The van der Waals surface area contributed by atoms with Crippen LogP contribution >= 0.6 is 0 Å². The summed E-state index contributed by atoms with van der Waals surface area (Å²) in [4.78, 5) is 11.1. The van der Waals surface area contributed by atoms with Crippen molar-refractivity contribution in [1.29, 1.82) is 0 Å². The zero-order valence-corrected chi connectivity index (χ0v) is 11.4. The summed E-state index contributed by atoms with van der Waals surface area (Å²) in [6.45, 7) is 4.93. The van der Waals surface area contributed by atoms with Crippen LogP contribution in [-0.2, 0) is 11.3 Å². The van der Waals surface area contributed by atoms with Crippen molar-refractivity contribution in [1.82, 2.24) is 15.3 Å². The van der Waals surface area contributed by atoms with Crippen molar-refractivity contribution in [3.05, 3.63) is 18.0 Å². The predicted octanol–water partition coefficient (Wildman–Crippen LogP) is 1.06. The second-order valence-corrected chi connectivity index (χ2v) is 4.91. The molecule has 0 aliphatic carbocycles. The maximum atomic E-state index is 5.51. The number of ether oxygens (including phenoxy) is 1. The fourth-order valence-electron chi connectivity index (χ4n) is 2.33. The average Bonchev–Trinajstić information content (AvgIpc) is 2.41. The highest BCUT2D eigenvalue weighted by Crippen LogP contribution is 2.22. The zero-order valence-electron chi connectivity index (χ0n) is 11.4. The van der Waals surface area contributed by atoms with Crippen molar-refractivity contribution in [3.63, 3.8) is 0 Å². The third-order valence-corrected chi connectivity index (χ3v) is 3.55. The van der Waals surface area contributed by atoms with Crippen molar-refractivity contribution in [2.75, 3.05) is 32.1 Å². The van der Waals surface area contributed by atoms with E-state index in [1.54, 1.807) is 7.11 Å². The zero-order chi connectivity index (χ0) is 13.0. The van der Waals surface area contributed by atoms with Crippen LogP contribution in [0.2, 0.25) is 0 Å². The molecule has 1 N–H and O–H groups in total. The third-order valence-electron chi connectivity index (χ3n) is 3.55. The van der Waals surface area contributed by atoms with E-state index in [0.717, 1.165) is 37.6 Å². The van der Waals surface area contributed by atoms with Gasteiger partial charge in [-0.3, -0.25) is 0 Å². The first-order valence-corrected chi connectivity index (χ1v) is 6.48. The van der Waals surface area contributed by atoms with Gasteiger partial charge in [-0.25, -0.2) is 9.97 Å². The molecular weight excluding hydrogens is 228 g/mol. The second-order valence-electron chi connectivity index (χ2n) is 4.91. The van der Waals surface area contributed by atoms with Gasteiger partial charge >= 0.3 is 0 Å². The third kappa shape index (κ3) is 2.97. The first-order chi connectivity index (χ1) is 8.74. The second kappa shape index (κ2) is 6.11. The molecule has 1 saturated heterocycles. The summed E-state index contributed by atoms with van der Waals surface area (Å²) < 4.78 is 5.51. The van der Waals surface area contributed by atoms with Crippen molar-refractivity contribution in [2.45, 2.75) is 26.0 Å².